The molecule has 152 valence electrons. The zero-order chi connectivity index (χ0) is 20.4. The van der Waals surface area contributed by atoms with E-state index in [2.05, 4.69) is 15.9 Å². The second-order valence-corrected chi connectivity index (χ2v) is 8.16. The van der Waals surface area contributed by atoms with Crippen LogP contribution in [0.3, 0.4) is 0 Å². The summed E-state index contributed by atoms with van der Waals surface area (Å²) in [6.07, 6.45) is 1.48. The number of benzene rings is 2. The van der Waals surface area contributed by atoms with Crippen LogP contribution in [0.2, 0.25) is 0 Å². The molecule has 0 unspecified atom stereocenters. The number of hydrogen-bond donors (Lipinski definition) is 0. The van der Waals surface area contributed by atoms with Crippen LogP contribution >= 0.6 is 15.9 Å². The molecule has 2 aliphatic heterocycles. The number of nitrogens with zero attached hydrogens (tertiary/aromatic N) is 1. The molecule has 0 saturated carbocycles. The Bertz CT molecular complexity index is 940. The second kappa shape index (κ2) is 8.53. The maximum absolute atomic E-state index is 13.4. The van der Waals surface area contributed by atoms with Crippen LogP contribution in [0, 0.1) is 11.7 Å². The van der Waals surface area contributed by atoms with Crippen LogP contribution in [0.15, 0.2) is 40.9 Å². The van der Waals surface area contributed by atoms with E-state index in [1.807, 2.05) is 0 Å². The molecule has 0 atom stereocenters. The molecule has 0 bridgehead atoms. The van der Waals surface area contributed by atoms with E-state index in [9.17, 15) is 14.0 Å². The number of fused-ring (bicyclic) bond motifs is 1. The second-order valence-electron chi connectivity index (χ2n) is 7.30. The SMILES string of the molecule is O=C(c1ccc2c(c1)OCCO2)C1CCN(C(=O)Cc2ccc(F)c(Br)c2)CC1. The van der Waals surface area contributed by atoms with Gasteiger partial charge in [0.25, 0.3) is 0 Å². The number of amides is 1. The molecule has 0 N–H and O–H groups in total. The van der Waals surface area contributed by atoms with Crippen LogP contribution in [0.5, 0.6) is 11.5 Å². The van der Waals surface area contributed by atoms with Crippen molar-refractivity contribution in [3.8, 4) is 11.5 Å². The smallest absolute Gasteiger partial charge is 0.226 e. The first-order chi connectivity index (χ1) is 14.0. The summed E-state index contributed by atoms with van der Waals surface area (Å²) >= 11 is 3.15. The molecule has 2 heterocycles. The van der Waals surface area contributed by atoms with Crippen molar-refractivity contribution in [1.29, 1.82) is 0 Å². The van der Waals surface area contributed by atoms with Gasteiger partial charge in [0.1, 0.15) is 19.0 Å². The normalized spacial score (nSPS) is 16.6. The fraction of sp³-hybridized carbons (Fsp3) is 0.364. The van der Waals surface area contributed by atoms with E-state index in [0.717, 1.165) is 5.56 Å². The lowest BCUT2D eigenvalue weighted by atomic mass is 9.88. The average Bonchev–Trinajstić information content (AvgIpc) is 2.75. The first-order valence-electron chi connectivity index (χ1n) is 9.67. The minimum atomic E-state index is -0.348. The third kappa shape index (κ3) is 4.45. The van der Waals surface area contributed by atoms with Gasteiger partial charge < -0.3 is 14.4 Å². The van der Waals surface area contributed by atoms with E-state index in [0.29, 0.717) is 60.7 Å². The summed E-state index contributed by atoms with van der Waals surface area (Å²) < 4.78 is 24.8. The Kier molecular flexibility index (Phi) is 5.85. The first-order valence-corrected chi connectivity index (χ1v) is 10.5. The van der Waals surface area contributed by atoms with Crippen molar-refractivity contribution in [2.24, 2.45) is 5.92 Å². The molecular formula is C22H21BrFNO4. The molecule has 0 radical (unpaired) electrons. The summed E-state index contributed by atoms with van der Waals surface area (Å²) in [7, 11) is 0. The Morgan fingerprint density at radius 1 is 1.03 bits per heavy atom. The number of carbonyl (C=O) groups excluding carboxylic acids is 2. The zero-order valence-corrected chi connectivity index (χ0v) is 17.4. The summed E-state index contributed by atoms with van der Waals surface area (Å²) in [6.45, 7) is 2.09. The number of ether oxygens (including phenoxy) is 2. The third-order valence-electron chi connectivity index (χ3n) is 5.38. The lowest BCUT2D eigenvalue weighted by Crippen LogP contribution is -2.41. The molecule has 29 heavy (non-hydrogen) atoms. The molecule has 0 aromatic heterocycles. The van der Waals surface area contributed by atoms with Crippen LogP contribution in [0.4, 0.5) is 4.39 Å². The zero-order valence-electron chi connectivity index (χ0n) is 15.8. The van der Waals surface area contributed by atoms with Crippen molar-refractivity contribution >= 4 is 27.6 Å². The minimum Gasteiger partial charge on any atom is -0.486 e. The van der Waals surface area contributed by atoms with Crippen LogP contribution < -0.4 is 9.47 Å². The Labute approximate surface area is 176 Å². The van der Waals surface area contributed by atoms with E-state index in [1.54, 1.807) is 35.2 Å². The summed E-state index contributed by atoms with van der Waals surface area (Å²) in [5.41, 5.74) is 1.38. The van der Waals surface area contributed by atoms with Gasteiger partial charge in [-0.05, 0) is 64.7 Å². The van der Waals surface area contributed by atoms with Crippen molar-refractivity contribution < 1.29 is 23.5 Å². The molecule has 1 fully saturated rings. The number of Topliss-reactive ketones (excluding diaryl/α,β-unsaturated/α-hetero) is 1. The third-order valence-corrected chi connectivity index (χ3v) is 5.99. The van der Waals surface area contributed by atoms with Gasteiger partial charge in [-0.1, -0.05) is 6.07 Å². The molecule has 7 heteroatoms. The van der Waals surface area contributed by atoms with E-state index >= 15 is 0 Å². The van der Waals surface area contributed by atoms with Gasteiger partial charge >= 0.3 is 0 Å². The number of ketones is 1. The minimum absolute atomic E-state index is 0.00580. The molecule has 0 spiro atoms. The topological polar surface area (TPSA) is 55.8 Å². The fourth-order valence-electron chi connectivity index (χ4n) is 3.76. The Hall–Kier alpha value is -2.41. The molecule has 5 nitrogen and oxygen atoms in total. The van der Waals surface area contributed by atoms with Crippen LogP contribution in [0.1, 0.15) is 28.8 Å². The molecule has 1 amide bonds. The van der Waals surface area contributed by atoms with E-state index in [1.165, 1.54) is 6.07 Å². The highest BCUT2D eigenvalue weighted by atomic mass is 79.9. The highest BCUT2D eigenvalue weighted by Crippen LogP contribution is 2.32. The summed E-state index contributed by atoms with van der Waals surface area (Å²) in [6, 6.07) is 9.91. The van der Waals surface area contributed by atoms with Crippen molar-refractivity contribution in [2.45, 2.75) is 19.3 Å². The average molecular weight is 462 g/mol. The number of halogens is 2. The standard InChI is InChI=1S/C22H21BrFNO4/c23-17-11-14(1-3-18(17)24)12-21(26)25-7-5-15(6-8-25)22(27)16-2-4-19-20(13-16)29-10-9-28-19/h1-4,11,13,15H,5-10,12H2. The van der Waals surface area contributed by atoms with Crippen LogP contribution in [-0.2, 0) is 11.2 Å². The number of carbonyl (C=O) groups is 2. The molecule has 2 aromatic carbocycles. The number of hydrogen-bond acceptors (Lipinski definition) is 4. The quantitative estimate of drug-likeness (QED) is 0.645. The van der Waals surface area contributed by atoms with E-state index in [4.69, 9.17) is 9.47 Å². The van der Waals surface area contributed by atoms with Gasteiger partial charge in [0.05, 0.1) is 10.9 Å². The summed E-state index contributed by atoms with van der Waals surface area (Å²) in [5.74, 6) is 0.896. The van der Waals surface area contributed by atoms with Crippen molar-refractivity contribution in [1.82, 2.24) is 4.90 Å². The predicted octanol–water partition coefficient (Wildman–Crippen LogP) is 4.02. The number of likely N-dealkylation sites (tertiary alicyclic amines) is 1. The number of piperidine rings is 1. The van der Waals surface area contributed by atoms with Crippen LogP contribution in [0.25, 0.3) is 0 Å². The highest BCUT2D eigenvalue weighted by Gasteiger charge is 2.28. The van der Waals surface area contributed by atoms with Gasteiger partial charge in [-0.3, -0.25) is 9.59 Å². The van der Waals surface area contributed by atoms with Gasteiger partial charge in [-0.2, -0.15) is 0 Å². The first kappa shape index (κ1) is 19.9. The largest absolute Gasteiger partial charge is 0.486 e. The van der Waals surface area contributed by atoms with E-state index < -0.39 is 0 Å². The molecule has 0 aliphatic carbocycles. The van der Waals surface area contributed by atoms with Gasteiger partial charge in [0.2, 0.25) is 5.91 Å². The summed E-state index contributed by atoms with van der Waals surface area (Å²) in [5, 5.41) is 0. The Morgan fingerprint density at radius 3 is 2.48 bits per heavy atom. The molecule has 4 rings (SSSR count). The van der Waals surface area contributed by atoms with Gasteiger partial charge in [0.15, 0.2) is 17.3 Å². The fourth-order valence-corrected chi connectivity index (χ4v) is 4.19. The molecular weight excluding hydrogens is 441 g/mol. The van der Waals surface area contributed by atoms with Crippen molar-refractivity contribution in [3.05, 3.63) is 57.8 Å². The molecule has 1 saturated heterocycles. The van der Waals surface area contributed by atoms with E-state index in [-0.39, 0.29) is 29.8 Å². The van der Waals surface area contributed by atoms with Gasteiger partial charge in [0, 0.05) is 24.6 Å². The summed E-state index contributed by atoms with van der Waals surface area (Å²) in [4.78, 5) is 27.2. The number of rotatable bonds is 4. The highest BCUT2D eigenvalue weighted by molar-refractivity contribution is 9.10. The maximum Gasteiger partial charge on any atom is 0.226 e. The molecule has 2 aromatic rings. The lowest BCUT2D eigenvalue weighted by Gasteiger charge is -2.31. The predicted molar refractivity (Wildman–Crippen MR) is 109 cm³/mol. The molecule has 2 aliphatic rings. The lowest BCUT2D eigenvalue weighted by molar-refractivity contribution is -0.131. The Morgan fingerprint density at radius 2 is 1.76 bits per heavy atom. The van der Waals surface area contributed by atoms with Crippen LogP contribution in [-0.4, -0.2) is 42.9 Å². The Balaban J connectivity index is 1.34. The monoisotopic (exact) mass is 461 g/mol. The van der Waals surface area contributed by atoms with Crippen molar-refractivity contribution in [2.75, 3.05) is 26.3 Å². The van der Waals surface area contributed by atoms with Crippen molar-refractivity contribution in [3.63, 3.8) is 0 Å². The maximum atomic E-state index is 13.4. The van der Waals surface area contributed by atoms with Gasteiger partial charge in [-0.25, -0.2) is 4.39 Å². The van der Waals surface area contributed by atoms with Gasteiger partial charge in [-0.15, -0.1) is 0 Å².